The van der Waals surface area contributed by atoms with Gasteiger partial charge >= 0.3 is 0 Å². The van der Waals surface area contributed by atoms with Gasteiger partial charge in [-0.25, -0.2) is 0 Å². The van der Waals surface area contributed by atoms with Crippen LogP contribution in [0, 0.1) is 0 Å². The van der Waals surface area contributed by atoms with Crippen LogP contribution in [0.15, 0.2) is 24.3 Å². The van der Waals surface area contributed by atoms with Gasteiger partial charge in [0, 0.05) is 12.7 Å². The van der Waals surface area contributed by atoms with Crippen LogP contribution < -0.4 is 0 Å². The molecule has 0 aliphatic carbocycles. The second kappa shape index (κ2) is 3.46. The number of methoxy groups -OCH3 is 1. The number of aliphatic hydroxyl groups is 1. The Kier molecular flexibility index (Phi) is 2.31. The summed E-state index contributed by atoms with van der Waals surface area (Å²) in [6.45, 7) is 0.480. The van der Waals surface area contributed by atoms with Crippen molar-refractivity contribution in [2.24, 2.45) is 0 Å². The number of hydrogen-bond donors (Lipinski definition) is 1. The topological polar surface area (TPSA) is 38.7 Å². The van der Waals surface area contributed by atoms with Crippen LogP contribution in [0.5, 0.6) is 0 Å². The van der Waals surface area contributed by atoms with Gasteiger partial charge in [-0.1, -0.05) is 24.3 Å². The zero-order valence-corrected chi connectivity index (χ0v) is 7.43. The van der Waals surface area contributed by atoms with Gasteiger partial charge in [0.05, 0.1) is 6.61 Å². The molecule has 0 bridgehead atoms. The van der Waals surface area contributed by atoms with E-state index >= 15 is 0 Å². The lowest BCUT2D eigenvalue weighted by atomic mass is 10.1. The number of benzene rings is 1. The molecule has 70 valence electrons. The van der Waals surface area contributed by atoms with Crippen molar-refractivity contribution < 1.29 is 14.6 Å². The Balaban J connectivity index is 2.30. The van der Waals surface area contributed by atoms with Crippen molar-refractivity contribution in [2.45, 2.75) is 12.4 Å². The van der Waals surface area contributed by atoms with Crippen LogP contribution in [0.1, 0.15) is 23.5 Å². The molecule has 3 heteroatoms. The van der Waals surface area contributed by atoms with E-state index in [-0.39, 0.29) is 6.10 Å². The lowest BCUT2D eigenvalue weighted by molar-refractivity contribution is -0.134. The van der Waals surface area contributed by atoms with E-state index in [0.717, 1.165) is 11.1 Å². The number of fused-ring (bicyclic) bond motifs is 1. The predicted octanol–water partition coefficient (Wildman–Crippen LogP) is 1.40. The third-order valence-corrected chi connectivity index (χ3v) is 2.22. The Morgan fingerprint density at radius 2 is 2.08 bits per heavy atom. The molecule has 0 saturated carbocycles. The fraction of sp³-hybridized carbons (Fsp3) is 0.400. The molecular formula is C10H12O3. The van der Waals surface area contributed by atoms with Crippen molar-refractivity contribution in [3.8, 4) is 0 Å². The minimum atomic E-state index is -0.795. The molecular weight excluding hydrogens is 168 g/mol. The average molecular weight is 180 g/mol. The van der Waals surface area contributed by atoms with Crippen molar-refractivity contribution in [1.29, 1.82) is 0 Å². The van der Waals surface area contributed by atoms with Crippen molar-refractivity contribution in [3.63, 3.8) is 0 Å². The van der Waals surface area contributed by atoms with E-state index in [1.165, 1.54) is 0 Å². The summed E-state index contributed by atoms with van der Waals surface area (Å²) < 4.78 is 10.3. The fourth-order valence-corrected chi connectivity index (χ4v) is 1.61. The first-order chi connectivity index (χ1) is 6.33. The molecule has 0 unspecified atom stereocenters. The number of ether oxygens (including phenoxy) is 2. The van der Waals surface area contributed by atoms with Gasteiger partial charge in [0.25, 0.3) is 0 Å². The van der Waals surface area contributed by atoms with Crippen molar-refractivity contribution >= 4 is 0 Å². The molecule has 1 heterocycles. The molecule has 3 nitrogen and oxygen atoms in total. The maximum absolute atomic E-state index is 9.50. The second-order valence-corrected chi connectivity index (χ2v) is 3.06. The van der Waals surface area contributed by atoms with Crippen LogP contribution >= 0.6 is 0 Å². The Morgan fingerprint density at radius 1 is 1.38 bits per heavy atom. The minimum absolute atomic E-state index is 0.129. The number of rotatable bonds is 2. The van der Waals surface area contributed by atoms with Gasteiger partial charge in [-0.05, 0) is 5.56 Å². The van der Waals surface area contributed by atoms with E-state index in [2.05, 4.69) is 0 Å². The van der Waals surface area contributed by atoms with E-state index in [0.29, 0.717) is 6.61 Å². The smallest absolute Gasteiger partial charge is 0.182 e. The lowest BCUT2D eigenvalue weighted by Crippen LogP contribution is -2.04. The molecule has 0 saturated heterocycles. The van der Waals surface area contributed by atoms with E-state index in [1.54, 1.807) is 7.11 Å². The molecule has 1 aromatic carbocycles. The van der Waals surface area contributed by atoms with Crippen molar-refractivity contribution in [2.75, 3.05) is 13.7 Å². The maximum Gasteiger partial charge on any atom is 0.182 e. The average Bonchev–Trinajstić information content (AvgIpc) is 2.46. The summed E-state index contributed by atoms with van der Waals surface area (Å²) in [7, 11) is 1.62. The Labute approximate surface area is 76.9 Å². The van der Waals surface area contributed by atoms with E-state index in [1.807, 2.05) is 24.3 Å². The van der Waals surface area contributed by atoms with Crippen LogP contribution in [-0.4, -0.2) is 18.8 Å². The fourth-order valence-electron chi connectivity index (χ4n) is 1.61. The Morgan fingerprint density at radius 3 is 2.77 bits per heavy atom. The summed E-state index contributed by atoms with van der Waals surface area (Å²) >= 11 is 0. The highest BCUT2D eigenvalue weighted by Gasteiger charge is 2.29. The van der Waals surface area contributed by atoms with Crippen molar-refractivity contribution in [1.82, 2.24) is 0 Å². The minimum Gasteiger partial charge on any atom is -0.382 e. The maximum atomic E-state index is 9.50. The highest BCUT2D eigenvalue weighted by molar-refractivity contribution is 5.33. The molecule has 0 amide bonds. The molecule has 13 heavy (non-hydrogen) atoms. The molecule has 2 atom stereocenters. The summed E-state index contributed by atoms with van der Waals surface area (Å²) in [6, 6.07) is 7.65. The highest BCUT2D eigenvalue weighted by Crippen LogP contribution is 2.36. The van der Waals surface area contributed by atoms with Crippen LogP contribution in [0.3, 0.4) is 0 Å². The van der Waals surface area contributed by atoms with Gasteiger partial charge in [0.1, 0.15) is 6.10 Å². The molecule has 0 fully saturated rings. The summed E-state index contributed by atoms with van der Waals surface area (Å²) in [5, 5.41) is 9.50. The zero-order valence-electron chi connectivity index (χ0n) is 7.43. The van der Waals surface area contributed by atoms with Gasteiger partial charge in [0.2, 0.25) is 0 Å². The number of hydrogen-bond acceptors (Lipinski definition) is 3. The molecule has 0 spiro atoms. The Hall–Kier alpha value is -0.900. The van der Waals surface area contributed by atoms with E-state index in [9.17, 15) is 5.11 Å². The van der Waals surface area contributed by atoms with E-state index < -0.39 is 6.29 Å². The van der Waals surface area contributed by atoms with E-state index in [4.69, 9.17) is 9.47 Å². The second-order valence-electron chi connectivity index (χ2n) is 3.06. The van der Waals surface area contributed by atoms with Crippen LogP contribution in [-0.2, 0) is 9.47 Å². The van der Waals surface area contributed by atoms with Crippen molar-refractivity contribution in [3.05, 3.63) is 35.4 Å². The van der Waals surface area contributed by atoms with Gasteiger partial charge in [-0.15, -0.1) is 0 Å². The largest absolute Gasteiger partial charge is 0.382 e. The third-order valence-electron chi connectivity index (χ3n) is 2.22. The standard InChI is InChI=1S/C10H12O3/c1-12-6-9-7-4-2-3-5-8(7)10(11)13-9/h2-5,9-11H,6H2,1H3/t9-,10-/m0/s1. The summed E-state index contributed by atoms with van der Waals surface area (Å²) in [5.74, 6) is 0. The first-order valence-corrected chi connectivity index (χ1v) is 4.24. The van der Waals surface area contributed by atoms with Gasteiger partial charge in [-0.3, -0.25) is 0 Å². The quantitative estimate of drug-likeness (QED) is 0.747. The first kappa shape index (κ1) is 8.69. The molecule has 1 N–H and O–H groups in total. The molecule has 1 aliphatic heterocycles. The zero-order chi connectivity index (χ0) is 9.26. The Bertz CT molecular complexity index is 298. The molecule has 1 aliphatic rings. The van der Waals surface area contributed by atoms with Gasteiger partial charge < -0.3 is 14.6 Å². The lowest BCUT2D eigenvalue weighted by Gasteiger charge is -2.09. The van der Waals surface area contributed by atoms with Crippen LogP contribution in [0.4, 0.5) is 0 Å². The number of aliphatic hydroxyl groups excluding tert-OH is 1. The predicted molar refractivity (Wildman–Crippen MR) is 47.1 cm³/mol. The monoisotopic (exact) mass is 180 g/mol. The van der Waals surface area contributed by atoms with Gasteiger partial charge in [-0.2, -0.15) is 0 Å². The summed E-state index contributed by atoms with van der Waals surface area (Å²) in [5.41, 5.74) is 1.88. The SMILES string of the molecule is COC[C@@H]1O[C@H](O)c2ccccc21. The molecule has 0 radical (unpaired) electrons. The van der Waals surface area contributed by atoms with Crippen LogP contribution in [0.25, 0.3) is 0 Å². The highest BCUT2D eigenvalue weighted by atomic mass is 16.6. The molecule has 2 rings (SSSR count). The summed E-state index contributed by atoms with van der Waals surface area (Å²) in [6.07, 6.45) is -0.924. The van der Waals surface area contributed by atoms with Gasteiger partial charge in [0.15, 0.2) is 6.29 Å². The normalized spacial score (nSPS) is 26.0. The molecule has 1 aromatic rings. The third kappa shape index (κ3) is 1.46. The van der Waals surface area contributed by atoms with Crippen LogP contribution in [0.2, 0.25) is 0 Å². The summed E-state index contributed by atoms with van der Waals surface area (Å²) in [4.78, 5) is 0. The molecule has 0 aromatic heterocycles. The first-order valence-electron chi connectivity index (χ1n) is 4.24.